The molecular weight excluding hydrogens is 383 g/mol. The molecule has 0 unspecified atom stereocenters. The molecule has 1 fully saturated rings. The summed E-state index contributed by atoms with van der Waals surface area (Å²) < 4.78 is 15.0. The number of anilines is 2. The smallest absolute Gasteiger partial charge is 0.254 e. The quantitative estimate of drug-likeness (QED) is 0.724. The standard InChI is InChI=1S/C19H20ClFN6O/c1-2-13-10-17(27-19(25-13)22-11-23-27)26-7-5-12(6-8-26)18(28)24-14-3-4-16(21)15(20)9-14/h3-4,9-12H,2,5-8H2,1H3,(H,24,28). The summed E-state index contributed by atoms with van der Waals surface area (Å²) in [4.78, 5) is 23.5. The number of carbonyl (C=O) groups excluding carboxylic acids is 1. The van der Waals surface area contributed by atoms with E-state index in [2.05, 4.69) is 32.2 Å². The molecule has 0 radical (unpaired) electrons. The first-order valence-corrected chi connectivity index (χ1v) is 9.63. The van der Waals surface area contributed by atoms with Gasteiger partial charge in [0, 0.05) is 36.5 Å². The number of benzene rings is 1. The van der Waals surface area contributed by atoms with Crippen LogP contribution in [-0.4, -0.2) is 38.6 Å². The van der Waals surface area contributed by atoms with E-state index in [-0.39, 0.29) is 16.8 Å². The van der Waals surface area contributed by atoms with Gasteiger partial charge in [-0.3, -0.25) is 4.79 Å². The van der Waals surface area contributed by atoms with Gasteiger partial charge in [0.25, 0.3) is 5.78 Å². The Morgan fingerprint density at radius 2 is 2.11 bits per heavy atom. The third kappa shape index (κ3) is 3.64. The highest BCUT2D eigenvalue weighted by Gasteiger charge is 2.27. The Balaban J connectivity index is 1.44. The molecule has 1 N–H and O–H groups in total. The third-order valence-corrected chi connectivity index (χ3v) is 5.31. The van der Waals surface area contributed by atoms with Gasteiger partial charge < -0.3 is 10.2 Å². The number of halogens is 2. The first-order chi connectivity index (χ1) is 13.5. The number of carbonyl (C=O) groups is 1. The number of aryl methyl sites for hydroxylation is 1. The molecule has 1 amide bonds. The van der Waals surface area contributed by atoms with Crippen LogP contribution < -0.4 is 10.2 Å². The van der Waals surface area contributed by atoms with Gasteiger partial charge in [-0.2, -0.15) is 14.6 Å². The molecule has 0 spiro atoms. The molecule has 2 aromatic heterocycles. The van der Waals surface area contributed by atoms with Gasteiger partial charge in [-0.25, -0.2) is 9.37 Å². The van der Waals surface area contributed by atoms with Crippen LogP contribution in [0.25, 0.3) is 5.78 Å². The van der Waals surface area contributed by atoms with E-state index in [1.807, 2.05) is 6.07 Å². The fourth-order valence-electron chi connectivity index (χ4n) is 3.44. The van der Waals surface area contributed by atoms with Gasteiger partial charge in [-0.15, -0.1) is 0 Å². The largest absolute Gasteiger partial charge is 0.356 e. The molecule has 3 heterocycles. The lowest BCUT2D eigenvalue weighted by Crippen LogP contribution is -2.39. The lowest BCUT2D eigenvalue weighted by molar-refractivity contribution is -0.120. The molecule has 28 heavy (non-hydrogen) atoms. The zero-order valence-corrected chi connectivity index (χ0v) is 16.2. The van der Waals surface area contributed by atoms with Gasteiger partial charge in [0.2, 0.25) is 5.91 Å². The van der Waals surface area contributed by atoms with Crippen LogP contribution in [0.15, 0.2) is 30.6 Å². The number of fused-ring (bicyclic) bond motifs is 1. The summed E-state index contributed by atoms with van der Waals surface area (Å²) in [5.41, 5.74) is 1.47. The van der Waals surface area contributed by atoms with Crippen molar-refractivity contribution in [3.8, 4) is 0 Å². The third-order valence-electron chi connectivity index (χ3n) is 5.03. The zero-order chi connectivity index (χ0) is 19.7. The van der Waals surface area contributed by atoms with E-state index in [1.54, 1.807) is 4.52 Å². The molecule has 3 aromatic rings. The van der Waals surface area contributed by atoms with E-state index >= 15 is 0 Å². The fraction of sp³-hybridized carbons (Fsp3) is 0.368. The molecule has 146 valence electrons. The van der Waals surface area contributed by atoms with Gasteiger partial charge in [0.1, 0.15) is 18.0 Å². The lowest BCUT2D eigenvalue weighted by Gasteiger charge is -2.33. The summed E-state index contributed by atoms with van der Waals surface area (Å²) in [6.45, 7) is 3.51. The van der Waals surface area contributed by atoms with Crippen LogP contribution in [0.1, 0.15) is 25.5 Å². The highest BCUT2D eigenvalue weighted by molar-refractivity contribution is 6.31. The maximum Gasteiger partial charge on any atom is 0.254 e. The molecule has 1 aliphatic heterocycles. The van der Waals surface area contributed by atoms with Crippen molar-refractivity contribution in [2.75, 3.05) is 23.3 Å². The molecule has 1 aromatic carbocycles. The Hall–Kier alpha value is -2.74. The predicted octanol–water partition coefficient (Wildman–Crippen LogP) is 3.33. The Labute approximate surface area is 166 Å². The first-order valence-electron chi connectivity index (χ1n) is 9.25. The minimum absolute atomic E-state index is 0.00566. The first kappa shape index (κ1) is 18.6. The van der Waals surface area contributed by atoms with Crippen LogP contribution in [-0.2, 0) is 11.2 Å². The van der Waals surface area contributed by atoms with Gasteiger partial charge >= 0.3 is 0 Å². The molecule has 9 heteroatoms. The summed E-state index contributed by atoms with van der Waals surface area (Å²) in [7, 11) is 0. The Morgan fingerprint density at radius 3 is 2.82 bits per heavy atom. The second kappa shape index (κ2) is 7.71. The predicted molar refractivity (Wildman–Crippen MR) is 105 cm³/mol. The Morgan fingerprint density at radius 1 is 1.32 bits per heavy atom. The van der Waals surface area contributed by atoms with Crippen LogP contribution >= 0.6 is 11.6 Å². The number of piperidine rings is 1. The summed E-state index contributed by atoms with van der Waals surface area (Å²) >= 11 is 5.78. The number of nitrogens with zero attached hydrogens (tertiary/aromatic N) is 5. The second-order valence-corrected chi connectivity index (χ2v) is 7.22. The summed E-state index contributed by atoms with van der Waals surface area (Å²) in [6, 6.07) is 6.22. The highest BCUT2D eigenvalue weighted by atomic mass is 35.5. The van der Waals surface area contributed by atoms with Crippen LogP contribution in [0.5, 0.6) is 0 Å². The molecule has 1 saturated heterocycles. The van der Waals surface area contributed by atoms with E-state index in [1.165, 1.54) is 24.5 Å². The number of rotatable bonds is 4. The zero-order valence-electron chi connectivity index (χ0n) is 15.4. The van der Waals surface area contributed by atoms with Crippen molar-refractivity contribution < 1.29 is 9.18 Å². The maximum atomic E-state index is 13.3. The average Bonchev–Trinajstić information content (AvgIpc) is 3.18. The minimum Gasteiger partial charge on any atom is -0.356 e. The van der Waals surface area contributed by atoms with Crippen LogP contribution in [0.4, 0.5) is 15.9 Å². The van der Waals surface area contributed by atoms with Gasteiger partial charge in [-0.05, 0) is 37.5 Å². The van der Waals surface area contributed by atoms with Gasteiger partial charge in [-0.1, -0.05) is 18.5 Å². The number of nitrogens with one attached hydrogen (secondary N) is 1. The Bertz CT molecular complexity index is 1010. The molecular formula is C19H20ClFN6O. The van der Waals surface area contributed by atoms with E-state index in [9.17, 15) is 9.18 Å². The van der Waals surface area contributed by atoms with Gasteiger partial charge in [0.05, 0.1) is 5.02 Å². The number of aromatic nitrogens is 4. The summed E-state index contributed by atoms with van der Waals surface area (Å²) in [5.74, 6) is 0.845. The summed E-state index contributed by atoms with van der Waals surface area (Å²) in [6.07, 6.45) is 3.73. The molecule has 4 rings (SSSR count). The van der Waals surface area contributed by atoms with Crippen molar-refractivity contribution in [1.29, 1.82) is 0 Å². The van der Waals surface area contributed by atoms with E-state index in [4.69, 9.17) is 11.6 Å². The van der Waals surface area contributed by atoms with Crippen molar-refractivity contribution in [2.24, 2.45) is 5.92 Å². The van der Waals surface area contributed by atoms with Crippen molar-refractivity contribution in [2.45, 2.75) is 26.2 Å². The highest BCUT2D eigenvalue weighted by Crippen LogP contribution is 2.26. The SMILES string of the molecule is CCc1cc(N2CCC(C(=O)Nc3ccc(F)c(Cl)c3)CC2)n2ncnc2n1. The fourth-order valence-corrected chi connectivity index (χ4v) is 3.62. The van der Waals surface area contributed by atoms with Gasteiger partial charge in [0.15, 0.2) is 0 Å². The molecule has 7 nitrogen and oxygen atoms in total. The van der Waals surface area contributed by atoms with Crippen molar-refractivity contribution in [3.05, 3.63) is 47.1 Å². The minimum atomic E-state index is -0.504. The van der Waals surface area contributed by atoms with E-state index in [0.29, 0.717) is 24.3 Å². The monoisotopic (exact) mass is 402 g/mol. The van der Waals surface area contributed by atoms with E-state index in [0.717, 1.165) is 31.0 Å². The molecule has 0 aliphatic carbocycles. The van der Waals surface area contributed by atoms with Crippen LogP contribution in [0.2, 0.25) is 5.02 Å². The summed E-state index contributed by atoms with van der Waals surface area (Å²) in [5, 5.41) is 7.10. The number of hydrogen-bond donors (Lipinski definition) is 1. The molecule has 0 saturated carbocycles. The normalized spacial score (nSPS) is 15.2. The topological polar surface area (TPSA) is 75.4 Å². The number of amides is 1. The van der Waals surface area contributed by atoms with Crippen LogP contribution in [0, 0.1) is 11.7 Å². The lowest BCUT2D eigenvalue weighted by atomic mass is 9.95. The van der Waals surface area contributed by atoms with Crippen LogP contribution in [0.3, 0.4) is 0 Å². The number of hydrogen-bond acceptors (Lipinski definition) is 5. The van der Waals surface area contributed by atoms with Crippen molar-refractivity contribution in [3.63, 3.8) is 0 Å². The molecule has 0 atom stereocenters. The average molecular weight is 403 g/mol. The second-order valence-electron chi connectivity index (χ2n) is 6.81. The van der Waals surface area contributed by atoms with Crippen molar-refractivity contribution in [1.82, 2.24) is 19.6 Å². The molecule has 1 aliphatic rings. The Kier molecular flexibility index (Phi) is 5.13. The molecule has 0 bridgehead atoms. The van der Waals surface area contributed by atoms with Crippen molar-refractivity contribution >= 4 is 34.8 Å². The maximum absolute atomic E-state index is 13.3. The van der Waals surface area contributed by atoms with E-state index < -0.39 is 5.82 Å².